The van der Waals surface area contributed by atoms with Gasteiger partial charge in [0.05, 0.1) is 11.1 Å². The molecule has 0 radical (unpaired) electrons. The Balaban J connectivity index is 1.80. The van der Waals surface area contributed by atoms with E-state index < -0.39 is 10.0 Å². The normalized spacial score (nSPS) is 13.5. The molecule has 2 aromatic carbocycles. The second kappa shape index (κ2) is 5.92. The van der Waals surface area contributed by atoms with Gasteiger partial charge in [-0.05, 0) is 42.8 Å². The quantitative estimate of drug-likeness (QED) is 0.637. The molecule has 2 aromatic rings. The number of nitrogens with zero attached hydrogens (tertiary/aromatic N) is 2. The maximum Gasteiger partial charge on any atom is 0.278 e. The Morgan fingerprint density at radius 3 is 2.52 bits per heavy atom. The van der Waals surface area contributed by atoms with Gasteiger partial charge in [0.15, 0.2) is 11.5 Å². The molecule has 6 nitrogen and oxygen atoms in total. The fourth-order valence-corrected chi connectivity index (χ4v) is 3.02. The summed E-state index contributed by atoms with van der Waals surface area (Å²) in [5, 5.41) is 4.01. The fourth-order valence-electron chi connectivity index (χ4n) is 2.07. The Kier molecular flexibility index (Phi) is 3.96. The molecule has 0 atom stereocenters. The number of benzene rings is 2. The number of hydrazone groups is 1. The molecule has 0 spiro atoms. The van der Waals surface area contributed by atoms with E-state index in [1.807, 2.05) is 6.92 Å². The van der Waals surface area contributed by atoms with Crippen LogP contribution in [0.3, 0.4) is 0 Å². The van der Waals surface area contributed by atoms with Crippen LogP contribution in [0.5, 0.6) is 11.5 Å². The third kappa shape index (κ3) is 3.14. The van der Waals surface area contributed by atoms with E-state index >= 15 is 0 Å². The molecule has 7 heteroatoms. The van der Waals surface area contributed by atoms with E-state index in [0.29, 0.717) is 11.5 Å². The lowest BCUT2D eigenvalue weighted by molar-refractivity contribution is 0.174. The zero-order chi connectivity index (χ0) is 16.4. The topological polar surface area (TPSA) is 68.2 Å². The highest BCUT2D eigenvalue weighted by Crippen LogP contribution is 2.32. The van der Waals surface area contributed by atoms with Gasteiger partial charge in [0.25, 0.3) is 10.0 Å². The van der Waals surface area contributed by atoms with Crippen LogP contribution in [-0.2, 0) is 10.0 Å². The Labute approximate surface area is 135 Å². The first-order valence-electron chi connectivity index (χ1n) is 6.96. The van der Waals surface area contributed by atoms with Crippen molar-refractivity contribution < 1.29 is 17.9 Å². The molecule has 0 aliphatic carbocycles. The molecule has 0 saturated carbocycles. The van der Waals surface area contributed by atoms with Crippen LogP contribution in [0, 0.1) is 6.92 Å². The van der Waals surface area contributed by atoms with Crippen molar-refractivity contribution in [3.05, 3.63) is 53.6 Å². The second-order valence-corrected chi connectivity index (χ2v) is 7.06. The summed E-state index contributed by atoms with van der Waals surface area (Å²) < 4.78 is 36.3. The van der Waals surface area contributed by atoms with Crippen molar-refractivity contribution in [2.24, 2.45) is 5.10 Å². The number of sulfonamides is 1. The van der Waals surface area contributed by atoms with Gasteiger partial charge in [-0.2, -0.15) is 17.9 Å². The Morgan fingerprint density at radius 2 is 1.78 bits per heavy atom. The molecular weight excluding hydrogens is 316 g/mol. The molecule has 1 aliphatic rings. The average molecular weight is 332 g/mol. The first-order valence-corrected chi connectivity index (χ1v) is 8.40. The monoisotopic (exact) mass is 332 g/mol. The zero-order valence-electron chi connectivity index (χ0n) is 12.8. The number of fused-ring (bicyclic) bond motifs is 1. The molecular formula is C16H16N2O4S. The van der Waals surface area contributed by atoms with Crippen LogP contribution in [-0.4, -0.2) is 32.9 Å². The molecule has 3 rings (SSSR count). The summed E-state index contributed by atoms with van der Waals surface area (Å²) in [6.07, 6.45) is 1.47. The van der Waals surface area contributed by atoms with Crippen LogP contribution in [0.4, 0.5) is 0 Å². The Bertz CT molecular complexity index is 845. The van der Waals surface area contributed by atoms with Crippen molar-refractivity contribution >= 4 is 16.2 Å². The standard InChI is InChI=1S/C16H16N2O4S/c1-12-3-6-14(7-4-12)23(19,20)18(2)17-10-13-5-8-15-16(9-13)22-11-21-15/h3-10H,11H2,1-2H3/b17-10-. The van der Waals surface area contributed by atoms with E-state index in [0.717, 1.165) is 15.5 Å². The van der Waals surface area contributed by atoms with Gasteiger partial charge in [0.1, 0.15) is 0 Å². The van der Waals surface area contributed by atoms with E-state index in [1.165, 1.54) is 13.3 Å². The first-order chi connectivity index (χ1) is 11.0. The number of hydrogen-bond donors (Lipinski definition) is 0. The van der Waals surface area contributed by atoms with Crippen LogP contribution < -0.4 is 9.47 Å². The minimum absolute atomic E-state index is 0.192. The first kappa shape index (κ1) is 15.4. The number of rotatable bonds is 4. The summed E-state index contributed by atoms with van der Waals surface area (Å²) >= 11 is 0. The molecule has 0 amide bonds. The Hall–Kier alpha value is -2.54. The van der Waals surface area contributed by atoms with Gasteiger partial charge in [-0.15, -0.1) is 0 Å². The summed E-state index contributed by atoms with van der Waals surface area (Å²) in [4.78, 5) is 0.202. The smallest absolute Gasteiger partial charge is 0.278 e. The van der Waals surface area contributed by atoms with Crippen LogP contribution >= 0.6 is 0 Å². The number of hydrogen-bond acceptors (Lipinski definition) is 5. The summed E-state index contributed by atoms with van der Waals surface area (Å²) in [5.41, 5.74) is 1.72. The summed E-state index contributed by atoms with van der Waals surface area (Å²) in [6, 6.07) is 11.9. The largest absolute Gasteiger partial charge is 0.454 e. The van der Waals surface area contributed by atoms with Crippen molar-refractivity contribution in [1.29, 1.82) is 0 Å². The van der Waals surface area contributed by atoms with Gasteiger partial charge >= 0.3 is 0 Å². The van der Waals surface area contributed by atoms with Crippen LogP contribution in [0.1, 0.15) is 11.1 Å². The molecule has 0 aromatic heterocycles. The zero-order valence-corrected chi connectivity index (χ0v) is 13.6. The predicted octanol–water partition coefficient (Wildman–Crippen LogP) is 2.38. The van der Waals surface area contributed by atoms with Gasteiger partial charge in [-0.25, -0.2) is 0 Å². The van der Waals surface area contributed by atoms with Gasteiger partial charge in [-0.1, -0.05) is 17.7 Å². The van der Waals surface area contributed by atoms with Crippen molar-refractivity contribution in [3.8, 4) is 11.5 Å². The molecule has 0 fully saturated rings. The molecule has 0 unspecified atom stereocenters. The maximum atomic E-state index is 12.4. The average Bonchev–Trinajstić information content (AvgIpc) is 3.00. The minimum Gasteiger partial charge on any atom is -0.454 e. The maximum absolute atomic E-state index is 12.4. The third-order valence-electron chi connectivity index (χ3n) is 3.43. The second-order valence-electron chi connectivity index (χ2n) is 5.11. The highest BCUT2D eigenvalue weighted by molar-refractivity contribution is 7.89. The van der Waals surface area contributed by atoms with Gasteiger partial charge in [0.2, 0.25) is 6.79 Å². The van der Waals surface area contributed by atoms with Crippen molar-refractivity contribution in [3.63, 3.8) is 0 Å². The summed E-state index contributed by atoms with van der Waals surface area (Å²) in [7, 11) is -2.26. The molecule has 0 N–H and O–H groups in total. The van der Waals surface area contributed by atoms with E-state index in [1.54, 1.807) is 42.5 Å². The van der Waals surface area contributed by atoms with Gasteiger partial charge < -0.3 is 9.47 Å². The van der Waals surface area contributed by atoms with Crippen LogP contribution in [0.2, 0.25) is 0 Å². The lowest BCUT2D eigenvalue weighted by Gasteiger charge is -2.13. The van der Waals surface area contributed by atoms with Crippen molar-refractivity contribution in [2.75, 3.05) is 13.8 Å². The van der Waals surface area contributed by atoms with Crippen LogP contribution in [0.15, 0.2) is 52.5 Å². The van der Waals surface area contributed by atoms with E-state index in [-0.39, 0.29) is 11.7 Å². The van der Waals surface area contributed by atoms with Crippen molar-refractivity contribution in [1.82, 2.24) is 4.41 Å². The predicted molar refractivity (Wildman–Crippen MR) is 86.3 cm³/mol. The molecule has 0 bridgehead atoms. The third-order valence-corrected chi connectivity index (χ3v) is 5.09. The van der Waals surface area contributed by atoms with Gasteiger partial charge in [-0.3, -0.25) is 0 Å². The van der Waals surface area contributed by atoms with Crippen molar-refractivity contribution in [2.45, 2.75) is 11.8 Å². The van der Waals surface area contributed by atoms with E-state index in [9.17, 15) is 8.42 Å². The summed E-state index contributed by atoms with van der Waals surface area (Å²) in [6.45, 7) is 2.09. The lowest BCUT2D eigenvalue weighted by atomic mass is 10.2. The minimum atomic E-state index is -3.66. The summed E-state index contributed by atoms with van der Waals surface area (Å²) in [5.74, 6) is 1.29. The van der Waals surface area contributed by atoms with Crippen LogP contribution in [0.25, 0.3) is 0 Å². The number of aryl methyl sites for hydroxylation is 1. The highest BCUT2D eigenvalue weighted by Gasteiger charge is 2.19. The lowest BCUT2D eigenvalue weighted by Crippen LogP contribution is -2.21. The van der Waals surface area contributed by atoms with E-state index in [2.05, 4.69) is 5.10 Å². The highest BCUT2D eigenvalue weighted by atomic mass is 32.2. The number of ether oxygens (including phenoxy) is 2. The SMILES string of the molecule is Cc1ccc(S(=O)(=O)N(C)/N=C\c2ccc3c(c2)OCO3)cc1. The van der Waals surface area contributed by atoms with E-state index in [4.69, 9.17) is 9.47 Å². The molecule has 120 valence electrons. The fraction of sp³-hybridized carbons (Fsp3) is 0.188. The molecule has 1 aliphatic heterocycles. The molecule has 23 heavy (non-hydrogen) atoms. The Morgan fingerprint density at radius 1 is 1.09 bits per heavy atom. The molecule has 0 saturated heterocycles. The molecule has 1 heterocycles. The van der Waals surface area contributed by atoms with Gasteiger partial charge in [0, 0.05) is 7.05 Å².